The van der Waals surface area contributed by atoms with E-state index in [1.807, 2.05) is 262 Å². The molecule has 716 valence electrons. The van der Waals surface area contributed by atoms with E-state index in [1.165, 1.54) is 11.1 Å². The van der Waals surface area contributed by atoms with Gasteiger partial charge in [0, 0.05) is 71.2 Å². The molecule has 10 aromatic carbocycles. The van der Waals surface area contributed by atoms with Crippen LogP contribution >= 0.6 is 45.3 Å². The molecule has 4 N–H and O–H groups in total. The van der Waals surface area contributed by atoms with E-state index >= 15 is 0 Å². The van der Waals surface area contributed by atoms with Crippen molar-refractivity contribution in [2.75, 3.05) is 0 Å². The van der Waals surface area contributed by atoms with Crippen molar-refractivity contribution < 1.29 is 52.6 Å². The van der Waals surface area contributed by atoms with Gasteiger partial charge in [-0.15, -0.1) is 45.3 Å². The van der Waals surface area contributed by atoms with E-state index in [4.69, 9.17) is 18.9 Å². The second-order valence-electron chi connectivity index (χ2n) is 36.4. The number of nitrogens with one attached hydrogen (secondary N) is 4. The zero-order valence-corrected chi connectivity index (χ0v) is 84.9. The standard InChI is InChI=1S/2C29H27N3O3S2.2C25H25N3O3S2/c2*1-19(2)35-27-14-11-21(15-22(27)16-30)29-31-17-28(36-29)25-10-6-9-24-23(25)12-13-26(24)32-37(33,34)18-20-7-4-3-5-8-20;2*1-15(2)31-23-11-6-16(12-17(23)13-26)25-27-14-24(32-25)21-5-3-4-20-19(21)9-10-22(20)28-33(29,30)18-7-8-18/h2*3-11,14-15,17,19,26,32H,12-13,18H2,1-2H3;2*3-6,11-12,14-15,18,22,28H,7-10H2,1-2H3/t2*26-;2*22-/m1010/s1. The Labute approximate surface area is 834 Å². The Morgan fingerprint density at radius 2 is 0.557 bits per heavy atom. The van der Waals surface area contributed by atoms with E-state index < -0.39 is 40.1 Å². The molecular formula is C108H104N12O12S8. The minimum absolute atomic E-state index is 0.00725. The summed E-state index contributed by atoms with van der Waals surface area (Å²) in [5, 5.41) is 41.1. The Morgan fingerprint density at radius 3 is 0.786 bits per heavy atom. The molecule has 24 nitrogen and oxygen atoms in total. The number of sulfonamides is 4. The molecule has 4 heterocycles. The summed E-state index contributed by atoms with van der Waals surface area (Å²) >= 11 is 6.27. The molecule has 0 amide bonds. The van der Waals surface area contributed by atoms with Crippen molar-refractivity contribution in [3.63, 3.8) is 0 Å². The number of benzene rings is 10. The highest BCUT2D eigenvalue weighted by Crippen LogP contribution is 2.49. The molecule has 0 radical (unpaired) electrons. The molecule has 20 rings (SSSR count). The molecule has 6 aliphatic carbocycles. The molecule has 0 bridgehead atoms. The van der Waals surface area contributed by atoms with Gasteiger partial charge in [-0.25, -0.2) is 72.5 Å². The van der Waals surface area contributed by atoms with Crippen molar-refractivity contribution in [3.8, 4) is 131 Å². The fourth-order valence-corrected chi connectivity index (χ4v) is 27.9. The van der Waals surface area contributed by atoms with Crippen LogP contribution in [-0.2, 0) is 77.3 Å². The molecule has 0 spiro atoms. The van der Waals surface area contributed by atoms with Crippen molar-refractivity contribution in [1.82, 2.24) is 38.8 Å². The van der Waals surface area contributed by atoms with Crippen LogP contribution in [0.5, 0.6) is 23.0 Å². The Kier molecular flexibility index (Phi) is 30.4. The zero-order chi connectivity index (χ0) is 98.3. The van der Waals surface area contributed by atoms with E-state index in [0.717, 1.165) is 206 Å². The summed E-state index contributed by atoms with van der Waals surface area (Å²) in [5.74, 6) is 2.22. The quantitative estimate of drug-likeness (QED) is 0.0325. The molecule has 140 heavy (non-hydrogen) atoms. The summed E-state index contributed by atoms with van der Waals surface area (Å²) in [6, 6.07) is 73.0. The maximum absolute atomic E-state index is 12.9. The highest BCUT2D eigenvalue weighted by Gasteiger charge is 2.41. The van der Waals surface area contributed by atoms with Gasteiger partial charge in [-0.1, -0.05) is 133 Å². The molecule has 6 aliphatic rings. The Hall–Kier alpha value is -12.5. The third kappa shape index (κ3) is 23.5. The van der Waals surface area contributed by atoms with Gasteiger partial charge in [0.1, 0.15) is 67.3 Å². The highest BCUT2D eigenvalue weighted by molar-refractivity contribution is 7.90. The first-order chi connectivity index (χ1) is 67.4. The highest BCUT2D eigenvalue weighted by atomic mass is 32.2. The van der Waals surface area contributed by atoms with Crippen LogP contribution in [0.25, 0.3) is 84.0 Å². The van der Waals surface area contributed by atoms with Crippen LogP contribution < -0.4 is 37.8 Å². The number of ether oxygens (including phenoxy) is 4. The fourth-order valence-electron chi connectivity index (χ4n) is 18.0. The lowest BCUT2D eigenvalue weighted by molar-refractivity contribution is 0.241. The lowest BCUT2D eigenvalue weighted by atomic mass is 10.0. The zero-order valence-electron chi connectivity index (χ0n) is 78.4. The molecule has 14 aromatic rings. The normalized spacial score (nSPS) is 16.2. The van der Waals surface area contributed by atoms with Crippen molar-refractivity contribution in [2.24, 2.45) is 0 Å². The number of fused-ring (bicyclic) bond motifs is 4. The summed E-state index contributed by atoms with van der Waals surface area (Å²) in [4.78, 5) is 22.6. The van der Waals surface area contributed by atoms with E-state index in [-0.39, 0.29) is 70.6 Å². The van der Waals surface area contributed by atoms with Crippen molar-refractivity contribution in [1.29, 1.82) is 21.0 Å². The van der Waals surface area contributed by atoms with E-state index in [2.05, 4.69) is 87.4 Å². The molecule has 0 saturated heterocycles. The SMILES string of the molecule is CC(C)Oc1ccc(-c2ncc(-c3cccc4c3CC[C@@H]4NS(=O)(=O)C3CC3)s2)cc1C#N.CC(C)Oc1ccc(-c2ncc(-c3cccc4c3CC[C@@H]4NS(=O)(=O)Cc3ccccc3)s2)cc1C#N.CC(C)Oc1ccc(-c2ncc(-c3cccc4c3CC[C@H]4NS(=O)(=O)C3CC3)s2)cc1C#N.CC(C)Oc1ccc(-c2ncc(-c3cccc4c3CC[C@H]4NS(=O)(=O)Cc3ccccc3)s2)cc1C#N. The van der Waals surface area contributed by atoms with Crippen LogP contribution in [0.15, 0.2) is 231 Å². The van der Waals surface area contributed by atoms with Gasteiger partial charge in [0.05, 0.1) is 88.2 Å². The van der Waals surface area contributed by atoms with Crippen LogP contribution in [0.4, 0.5) is 0 Å². The topological polar surface area (TPSA) is 368 Å². The lowest BCUT2D eigenvalue weighted by Gasteiger charge is -2.15. The summed E-state index contributed by atoms with van der Waals surface area (Å²) < 4.78 is 136. The van der Waals surface area contributed by atoms with Crippen molar-refractivity contribution in [3.05, 3.63) is 309 Å². The molecule has 32 heteroatoms. The second kappa shape index (κ2) is 42.9. The van der Waals surface area contributed by atoms with E-state index in [1.54, 1.807) is 45.3 Å². The summed E-state index contributed by atoms with van der Waals surface area (Å²) in [6.45, 7) is 15.4. The van der Waals surface area contributed by atoms with Gasteiger partial charge in [0.2, 0.25) is 40.1 Å². The fraction of sp³-hybridized carbons (Fsp3) is 0.296. The van der Waals surface area contributed by atoms with Gasteiger partial charge in [-0.2, -0.15) is 21.0 Å². The van der Waals surface area contributed by atoms with Gasteiger partial charge in [-0.3, -0.25) is 0 Å². The first-order valence-electron chi connectivity index (χ1n) is 46.6. The molecule has 0 unspecified atom stereocenters. The smallest absolute Gasteiger partial charge is 0.216 e. The van der Waals surface area contributed by atoms with Gasteiger partial charge < -0.3 is 18.9 Å². The number of nitriles is 4. The maximum Gasteiger partial charge on any atom is 0.216 e. The monoisotopic (exact) mass is 2020 g/mol. The molecule has 4 atom stereocenters. The number of thiazole rings is 4. The van der Waals surface area contributed by atoms with Crippen LogP contribution in [0.2, 0.25) is 0 Å². The van der Waals surface area contributed by atoms with E-state index in [9.17, 15) is 54.7 Å². The average molecular weight is 2020 g/mol. The number of rotatable bonds is 30. The number of hydrogen-bond donors (Lipinski definition) is 4. The van der Waals surface area contributed by atoms with E-state index in [0.29, 0.717) is 45.3 Å². The minimum atomic E-state index is -3.48. The first kappa shape index (κ1) is 99.1. The van der Waals surface area contributed by atoms with Gasteiger partial charge in [0.15, 0.2) is 0 Å². The molecule has 0 aliphatic heterocycles. The van der Waals surface area contributed by atoms with Gasteiger partial charge in [0.25, 0.3) is 0 Å². The Balaban J connectivity index is 0.000000129. The van der Waals surface area contributed by atoms with Gasteiger partial charge in [-0.05, 0) is 283 Å². The molecule has 4 aromatic heterocycles. The summed E-state index contributed by atoms with van der Waals surface area (Å²) in [6.07, 6.45) is 16.6. The van der Waals surface area contributed by atoms with Crippen LogP contribution in [-0.4, -0.2) is 88.5 Å². The Morgan fingerprint density at radius 1 is 0.314 bits per heavy atom. The first-order valence-corrected chi connectivity index (χ1v) is 56.3. The largest absolute Gasteiger partial charge is 0.490 e. The average Bonchev–Trinajstić information content (AvgIpc) is 1.61. The van der Waals surface area contributed by atoms with Gasteiger partial charge >= 0.3 is 0 Å². The van der Waals surface area contributed by atoms with Crippen LogP contribution in [0.3, 0.4) is 0 Å². The van der Waals surface area contributed by atoms with Crippen molar-refractivity contribution >= 4 is 85.4 Å². The number of hydrogen-bond acceptors (Lipinski definition) is 24. The predicted molar refractivity (Wildman–Crippen MR) is 553 cm³/mol. The molecular weight excluding hydrogens is 1910 g/mol. The third-order valence-electron chi connectivity index (χ3n) is 24.6. The summed E-state index contributed by atoms with van der Waals surface area (Å²) in [5.41, 5.74) is 20.2. The number of nitrogens with zero attached hydrogens (tertiary/aromatic N) is 8. The molecule has 2 saturated carbocycles. The summed E-state index contributed by atoms with van der Waals surface area (Å²) in [7, 11) is -13.4. The predicted octanol–water partition coefficient (Wildman–Crippen LogP) is 22.9. The lowest BCUT2D eigenvalue weighted by Crippen LogP contribution is -2.30. The van der Waals surface area contributed by atoms with Crippen LogP contribution in [0.1, 0.15) is 209 Å². The third-order valence-corrected chi connectivity index (χ3v) is 35.5. The van der Waals surface area contributed by atoms with Crippen LogP contribution in [0, 0.1) is 45.3 Å². The maximum atomic E-state index is 12.9. The molecule has 2 fully saturated rings. The second-order valence-corrected chi connectivity index (χ2v) is 48.0. The minimum Gasteiger partial charge on any atom is -0.490 e. The van der Waals surface area contributed by atoms with Crippen molar-refractivity contribution in [2.45, 2.75) is 203 Å². The number of aromatic nitrogens is 4. The Bertz CT molecular complexity index is 7190.